The number of hydrogen-bond donors (Lipinski definition) is 1. The molecule has 2 aromatic rings. The average molecular weight is 454 g/mol. The van der Waals surface area contributed by atoms with Crippen molar-refractivity contribution in [3.05, 3.63) is 40.3 Å². The van der Waals surface area contributed by atoms with E-state index in [1.807, 2.05) is 0 Å². The number of amides is 1. The molecule has 1 amide bonds. The summed E-state index contributed by atoms with van der Waals surface area (Å²) in [7, 11) is 0. The van der Waals surface area contributed by atoms with Crippen LogP contribution in [0, 0.1) is 33.3 Å². The van der Waals surface area contributed by atoms with Gasteiger partial charge in [0.1, 0.15) is 6.54 Å². The standard InChI is InChI=1S/C23H26N4O6/c28-19(11-23-8-14-5-15(9-23)7-16(6-14)10-23)24-12-21(29)32-13-20-25-22(26-33-20)17-1-3-18(4-2-17)27(30)31/h1-4,14-16H,5-13H2,(H,24,28). The summed E-state index contributed by atoms with van der Waals surface area (Å²) in [6.07, 6.45) is 7.91. The number of ether oxygens (including phenoxy) is 1. The number of nitro benzene ring substituents is 1. The first kappa shape index (κ1) is 21.5. The molecule has 0 atom stereocenters. The number of carbonyl (C=O) groups is 2. The summed E-state index contributed by atoms with van der Waals surface area (Å²) < 4.78 is 10.2. The summed E-state index contributed by atoms with van der Waals surface area (Å²) >= 11 is 0. The first-order chi connectivity index (χ1) is 15.9. The highest BCUT2D eigenvalue weighted by Crippen LogP contribution is 2.61. The van der Waals surface area contributed by atoms with Gasteiger partial charge in [-0.25, -0.2) is 0 Å². The monoisotopic (exact) mass is 454 g/mol. The van der Waals surface area contributed by atoms with Gasteiger partial charge in [-0.1, -0.05) is 5.16 Å². The zero-order valence-electron chi connectivity index (χ0n) is 18.2. The van der Waals surface area contributed by atoms with Crippen LogP contribution in [0.15, 0.2) is 28.8 Å². The summed E-state index contributed by atoms with van der Waals surface area (Å²) in [5, 5.41) is 17.2. The number of esters is 1. The Balaban J connectivity index is 1.07. The normalized spacial score (nSPS) is 27.3. The Morgan fingerprint density at radius 3 is 2.36 bits per heavy atom. The third-order valence-electron chi connectivity index (χ3n) is 7.29. The van der Waals surface area contributed by atoms with Crippen LogP contribution < -0.4 is 5.32 Å². The molecule has 1 aromatic heterocycles. The van der Waals surface area contributed by atoms with Gasteiger partial charge in [0, 0.05) is 24.1 Å². The van der Waals surface area contributed by atoms with Crippen molar-refractivity contribution in [2.24, 2.45) is 23.2 Å². The highest BCUT2D eigenvalue weighted by molar-refractivity contribution is 5.82. The van der Waals surface area contributed by atoms with E-state index in [9.17, 15) is 19.7 Å². The third kappa shape index (κ3) is 4.74. The van der Waals surface area contributed by atoms with Crippen LogP contribution in [0.3, 0.4) is 0 Å². The van der Waals surface area contributed by atoms with E-state index in [1.54, 1.807) is 0 Å². The average Bonchev–Trinajstić information content (AvgIpc) is 3.24. The molecule has 1 aromatic carbocycles. The molecular weight excluding hydrogens is 428 g/mol. The van der Waals surface area contributed by atoms with Crippen LogP contribution in [0.25, 0.3) is 11.4 Å². The summed E-state index contributed by atoms with van der Waals surface area (Å²) in [4.78, 5) is 39.0. The molecule has 0 unspecified atom stereocenters. The molecule has 33 heavy (non-hydrogen) atoms. The Morgan fingerprint density at radius 2 is 1.76 bits per heavy atom. The second kappa shape index (κ2) is 8.57. The van der Waals surface area contributed by atoms with Gasteiger partial charge in [-0.15, -0.1) is 0 Å². The van der Waals surface area contributed by atoms with E-state index >= 15 is 0 Å². The fourth-order valence-corrected chi connectivity index (χ4v) is 6.44. The number of carbonyl (C=O) groups excluding carboxylic acids is 2. The van der Waals surface area contributed by atoms with E-state index in [0.29, 0.717) is 12.0 Å². The van der Waals surface area contributed by atoms with E-state index < -0.39 is 10.9 Å². The lowest BCUT2D eigenvalue weighted by Gasteiger charge is -2.56. The van der Waals surface area contributed by atoms with Crippen LogP contribution >= 0.6 is 0 Å². The minimum Gasteiger partial charge on any atom is -0.454 e. The minimum atomic E-state index is -0.580. The van der Waals surface area contributed by atoms with Crippen molar-refractivity contribution >= 4 is 17.6 Å². The Labute approximate surface area is 190 Å². The number of benzene rings is 1. The second-order valence-electron chi connectivity index (χ2n) is 9.85. The summed E-state index contributed by atoms with van der Waals surface area (Å²) in [6.45, 7) is -0.418. The Hall–Kier alpha value is -3.30. The molecule has 4 aliphatic carbocycles. The molecule has 1 N–H and O–H groups in total. The van der Waals surface area contributed by atoms with Crippen LogP contribution in [0.1, 0.15) is 50.8 Å². The van der Waals surface area contributed by atoms with Crippen molar-refractivity contribution in [2.75, 3.05) is 6.54 Å². The second-order valence-corrected chi connectivity index (χ2v) is 9.85. The van der Waals surface area contributed by atoms with Gasteiger partial charge in [-0.3, -0.25) is 19.7 Å². The van der Waals surface area contributed by atoms with Gasteiger partial charge < -0.3 is 14.6 Å². The SMILES string of the molecule is O=C(CC12CC3CC(CC(C3)C1)C2)NCC(=O)OCc1nc(-c2ccc([N+](=O)[O-])cc2)no1. The zero-order valence-corrected chi connectivity index (χ0v) is 18.2. The van der Waals surface area contributed by atoms with Crippen LogP contribution in [0.4, 0.5) is 5.69 Å². The smallest absolute Gasteiger partial charge is 0.325 e. The molecule has 6 rings (SSSR count). The Morgan fingerprint density at radius 1 is 1.12 bits per heavy atom. The van der Waals surface area contributed by atoms with E-state index in [4.69, 9.17) is 9.26 Å². The topological polar surface area (TPSA) is 137 Å². The van der Waals surface area contributed by atoms with E-state index in [2.05, 4.69) is 15.5 Å². The zero-order chi connectivity index (χ0) is 23.0. The van der Waals surface area contributed by atoms with Crippen molar-refractivity contribution in [3.63, 3.8) is 0 Å². The lowest BCUT2D eigenvalue weighted by Crippen LogP contribution is -2.48. The van der Waals surface area contributed by atoms with Gasteiger partial charge in [0.2, 0.25) is 11.7 Å². The first-order valence-electron chi connectivity index (χ1n) is 11.4. The van der Waals surface area contributed by atoms with Gasteiger partial charge in [-0.2, -0.15) is 4.98 Å². The first-order valence-corrected chi connectivity index (χ1v) is 11.4. The highest BCUT2D eigenvalue weighted by atomic mass is 16.6. The van der Waals surface area contributed by atoms with Crippen LogP contribution in [-0.4, -0.2) is 33.5 Å². The molecule has 4 aliphatic rings. The van der Waals surface area contributed by atoms with Gasteiger partial charge in [-0.05, 0) is 73.8 Å². The van der Waals surface area contributed by atoms with Crippen LogP contribution in [0.5, 0.6) is 0 Å². The van der Waals surface area contributed by atoms with Crippen LogP contribution in [-0.2, 0) is 20.9 Å². The van der Waals surface area contributed by atoms with Gasteiger partial charge >= 0.3 is 5.97 Å². The minimum absolute atomic E-state index is 0.0402. The molecule has 4 fully saturated rings. The number of aromatic nitrogens is 2. The number of hydrogen-bond acceptors (Lipinski definition) is 8. The van der Waals surface area contributed by atoms with E-state index in [-0.39, 0.29) is 41.9 Å². The molecule has 174 valence electrons. The molecule has 1 heterocycles. The van der Waals surface area contributed by atoms with Gasteiger partial charge in [0.05, 0.1) is 4.92 Å². The molecule has 4 bridgehead atoms. The summed E-state index contributed by atoms with van der Waals surface area (Å²) in [5.74, 6) is 1.99. The van der Waals surface area contributed by atoms with Gasteiger partial charge in [0.25, 0.3) is 11.6 Å². The number of nitrogens with zero attached hydrogens (tertiary/aromatic N) is 3. The third-order valence-corrected chi connectivity index (χ3v) is 7.29. The van der Waals surface area contributed by atoms with Crippen molar-refractivity contribution in [1.82, 2.24) is 15.5 Å². The van der Waals surface area contributed by atoms with Crippen LogP contribution in [0.2, 0.25) is 0 Å². The molecule has 10 nitrogen and oxygen atoms in total. The number of rotatable bonds is 8. The predicted octanol–water partition coefficient (Wildman–Crippen LogP) is 3.41. The van der Waals surface area contributed by atoms with Gasteiger partial charge in [0.15, 0.2) is 6.61 Å². The summed E-state index contributed by atoms with van der Waals surface area (Å²) in [6, 6.07) is 5.71. The van der Waals surface area contributed by atoms with Crippen molar-refractivity contribution in [3.8, 4) is 11.4 Å². The Kier molecular flexibility index (Phi) is 5.59. The lowest BCUT2D eigenvalue weighted by molar-refractivity contribution is -0.384. The van der Waals surface area contributed by atoms with E-state index in [1.165, 1.54) is 43.5 Å². The fourth-order valence-electron chi connectivity index (χ4n) is 6.44. The number of nitro groups is 1. The predicted molar refractivity (Wildman–Crippen MR) is 114 cm³/mol. The molecule has 0 spiro atoms. The summed E-state index contributed by atoms with van der Waals surface area (Å²) in [5.41, 5.74) is 0.626. The maximum Gasteiger partial charge on any atom is 0.325 e. The molecule has 4 saturated carbocycles. The highest BCUT2D eigenvalue weighted by Gasteiger charge is 2.51. The van der Waals surface area contributed by atoms with Crippen molar-refractivity contribution in [1.29, 1.82) is 0 Å². The number of nitrogens with one attached hydrogen (secondary N) is 1. The maximum atomic E-state index is 12.5. The largest absolute Gasteiger partial charge is 0.454 e. The maximum absolute atomic E-state index is 12.5. The number of non-ortho nitro benzene ring substituents is 1. The molecular formula is C23H26N4O6. The molecule has 0 radical (unpaired) electrons. The lowest BCUT2D eigenvalue weighted by atomic mass is 9.49. The Bertz CT molecular complexity index is 1030. The van der Waals surface area contributed by atoms with E-state index in [0.717, 1.165) is 37.0 Å². The fraction of sp³-hybridized carbons (Fsp3) is 0.565. The molecule has 10 heteroatoms. The molecule has 0 aliphatic heterocycles. The van der Waals surface area contributed by atoms with Crippen molar-refractivity contribution < 1.29 is 23.8 Å². The van der Waals surface area contributed by atoms with Crippen molar-refractivity contribution in [2.45, 2.75) is 51.6 Å². The molecule has 0 saturated heterocycles. The quantitative estimate of drug-likeness (QED) is 0.364.